The second-order valence-electron chi connectivity index (χ2n) is 6.02. The van der Waals surface area contributed by atoms with Crippen LogP contribution < -0.4 is 10.6 Å². The number of amides is 2. The van der Waals surface area contributed by atoms with E-state index in [1.807, 2.05) is 45.0 Å². The molecular weight excluding hydrogens is 320 g/mol. The van der Waals surface area contributed by atoms with Crippen LogP contribution in [0, 0.1) is 13.8 Å². The summed E-state index contributed by atoms with van der Waals surface area (Å²) < 4.78 is 5.19. The molecule has 8 nitrogen and oxygen atoms in total. The summed E-state index contributed by atoms with van der Waals surface area (Å²) in [6, 6.07) is 7.21. The molecule has 1 aromatic carbocycles. The summed E-state index contributed by atoms with van der Waals surface area (Å²) in [6.45, 7) is 5.80. The Bertz CT molecular complexity index is 856. The second kappa shape index (κ2) is 7.16. The first-order valence-electron chi connectivity index (χ1n) is 7.97. The highest BCUT2D eigenvalue weighted by molar-refractivity contribution is 5.91. The Balaban J connectivity index is 1.63. The number of H-pyrrole nitrogens is 1. The summed E-state index contributed by atoms with van der Waals surface area (Å²) in [7, 11) is 0. The maximum Gasteiger partial charge on any atom is 0.319 e. The normalized spacial score (nSPS) is 12.0. The largest absolute Gasteiger partial charge is 0.423 e. The van der Waals surface area contributed by atoms with E-state index in [0.717, 1.165) is 22.5 Å². The van der Waals surface area contributed by atoms with Crippen molar-refractivity contribution >= 4 is 11.7 Å². The number of anilines is 1. The number of hydrogen-bond acceptors (Lipinski definition) is 5. The molecule has 25 heavy (non-hydrogen) atoms. The molecule has 0 aliphatic carbocycles. The van der Waals surface area contributed by atoms with Gasteiger partial charge in [0.2, 0.25) is 12.3 Å². The molecule has 0 unspecified atom stereocenters. The Morgan fingerprint density at radius 2 is 2.16 bits per heavy atom. The van der Waals surface area contributed by atoms with Crippen LogP contribution >= 0.6 is 0 Å². The third kappa shape index (κ3) is 4.23. The zero-order valence-corrected chi connectivity index (χ0v) is 14.3. The van der Waals surface area contributed by atoms with Crippen LogP contribution in [-0.2, 0) is 6.42 Å². The molecule has 2 heterocycles. The number of benzene rings is 1. The topological polar surface area (TPSA) is 109 Å². The standard InChI is InChI=1S/C17H20N6O2/c1-10-4-5-13(16-23-18-9-25-16)8-15(10)20-17(24)19-11(2)6-14-7-12(3)21-22-14/h4-5,7-9,11H,6H2,1-3H3,(H,21,22)(H2,19,20,24)/t11-/m0/s1. The van der Waals surface area contributed by atoms with Crippen LogP contribution in [0.15, 0.2) is 35.1 Å². The van der Waals surface area contributed by atoms with Crippen molar-refractivity contribution in [2.45, 2.75) is 33.2 Å². The highest BCUT2D eigenvalue weighted by atomic mass is 16.4. The van der Waals surface area contributed by atoms with Crippen LogP contribution in [0.5, 0.6) is 0 Å². The number of aromatic amines is 1. The predicted molar refractivity (Wildman–Crippen MR) is 93.1 cm³/mol. The Labute approximate surface area is 145 Å². The average Bonchev–Trinajstić information content (AvgIpc) is 3.21. The molecule has 0 aliphatic heterocycles. The Morgan fingerprint density at radius 1 is 1.32 bits per heavy atom. The molecular formula is C17H20N6O2. The molecule has 0 saturated carbocycles. The molecule has 3 rings (SSSR count). The van der Waals surface area contributed by atoms with Gasteiger partial charge in [-0.2, -0.15) is 5.10 Å². The zero-order valence-electron chi connectivity index (χ0n) is 14.3. The molecule has 1 atom stereocenters. The Kier molecular flexibility index (Phi) is 4.78. The smallest absolute Gasteiger partial charge is 0.319 e. The van der Waals surface area contributed by atoms with Crippen LogP contribution in [0.4, 0.5) is 10.5 Å². The van der Waals surface area contributed by atoms with Gasteiger partial charge in [0.05, 0.1) is 5.69 Å². The summed E-state index contributed by atoms with van der Waals surface area (Å²) in [4.78, 5) is 12.3. The molecule has 130 valence electrons. The van der Waals surface area contributed by atoms with Crippen molar-refractivity contribution < 1.29 is 9.21 Å². The molecule has 0 spiro atoms. The molecule has 0 aliphatic rings. The van der Waals surface area contributed by atoms with Gasteiger partial charge < -0.3 is 15.1 Å². The second-order valence-corrected chi connectivity index (χ2v) is 6.02. The van der Waals surface area contributed by atoms with Gasteiger partial charge in [0, 0.05) is 29.4 Å². The minimum Gasteiger partial charge on any atom is -0.423 e. The van der Waals surface area contributed by atoms with Crippen molar-refractivity contribution in [1.29, 1.82) is 0 Å². The third-order valence-electron chi connectivity index (χ3n) is 3.74. The quantitative estimate of drug-likeness (QED) is 0.662. The number of nitrogens with one attached hydrogen (secondary N) is 3. The highest BCUT2D eigenvalue weighted by Crippen LogP contribution is 2.23. The first-order chi connectivity index (χ1) is 12.0. The number of aryl methyl sites for hydroxylation is 2. The fraction of sp³-hybridized carbons (Fsp3) is 0.294. The number of carbonyl (C=O) groups excluding carboxylic acids is 1. The highest BCUT2D eigenvalue weighted by Gasteiger charge is 2.12. The van der Waals surface area contributed by atoms with Gasteiger partial charge >= 0.3 is 6.03 Å². The number of urea groups is 1. The van der Waals surface area contributed by atoms with Gasteiger partial charge in [0.15, 0.2) is 0 Å². The predicted octanol–water partition coefficient (Wildman–Crippen LogP) is 2.83. The van der Waals surface area contributed by atoms with E-state index in [2.05, 4.69) is 31.0 Å². The lowest BCUT2D eigenvalue weighted by atomic mass is 10.1. The summed E-state index contributed by atoms with van der Waals surface area (Å²) >= 11 is 0. The van der Waals surface area contributed by atoms with Crippen molar-refractivity contribution in [3.63, 3.8) is 0 Å². The molecule has 0 saturated heterocycles. The van der Waals surface area contributed by atoms with Crippen LogP contribution in [0.1, 0.15) is 23.9 Å². The maximum absolute atomic E-state index is 12.3. The number of nitrogens with zero attached hydrogens (tertiary/aromatic N) is 3. The van der Waals surface area contributed by atoms with Gasteiger partial charge in [-0.25, -0.2) is 4.79 Å². The first-order valence-corrected chi connectivity index (χ1v) is 7.97. The van der Waals surface area contributed by atoms with Gasteiger partial charge in [0.25, 0.3) is 0 Å². The van der Waals surface area contributed by atoms with E-state index in [1.165, 1.54) is 6.39 Å². The van der Waals surface area contributed by atoms with Crippen molar-refractivity contribution in [1.82, 2.24) is 25.7 Å². The van der Waals surface area contributed by atoms with Crippen LogP contribution in [0.3, 0.4) is 0 Å². The maximum atomic E-state index is 12.3. The van der Waals surface area contributed by atoms with E-state index >= 15 is 0 Å². The average molecular weight is 340 g/mol. The monoisotopic (exact) mass is 340 g/mol. The lowest BCUT2D eigenvalue weighted by Gasteiger charge is -2.15. The third-order valence-corrected chi connectivity index (χ3v) is 3.74. The van der Waals surface area contributed by atoms with Crippen molar-refractivity contribution in [2.24, 2.45) is 0 Å². The summed E-state index contributed by atoms with van der Waals surface area (Å²) in [6.07, 6.45) is 1.92. The molecule has 2 amide bonds. The first kappa shape index (κ1) is 16.7. The summed E-state index contributed by atoms with van der Waals surface area (Å²) in [5, 5.41) is 20.4. The van der Waals surface area contributed by atoms with Crippen molar-refractivity contribution in [2.75, 3.05) is 5.32 Å². The number of aromatic nitrogens is 4. The summed E-state index contributed by atoms with van der Waals surface area (Å²) in [5.74, 6) is 0.408. The van der Waals surface area contributed by atoms with E-state index in [-0.39, 0.29) is 12.1 Å². The molecule has 0 bridgehead atoms. The molecule has 3 aromatic rings. The molecule has 2 aromatic heterocycles. The lowest BCUT2D eigenvalue weighted by molar-refractivity contribution is 0.249. The minimum atomic E-state index is -0.273. The van der Waals surface area contributed by atoms with Gasteiger partial charge in [-0.3, -0.25) is 5.10 Å². The van der Waals surface area contributed by atoms with Gasteiger partial charge in [-0.15, -0.1) is 10.2 Å². The van der Waals surface area contributed by atoms with E-state index < -0.39 is 0 Å². The van der Waals surface area contributed by atoms with E-state index in [4.69, 9.17) is 4.42 Å². The molecule has 0 radical (unpaired) electrons. The molecule has 8 heteroatoms. The molecule has 3 N–H and O–H groups in total. The van der Waals surface area contributed by atoms with E-state index in [0.29, 0.717) is 18.0 Å². The minimum absolute atomic E-state index is 0.0536. The van der Waals surface area contributed by atoms with Gasteiger partial charge in [0.1, 0.15) is 0 Å². The summed E-state index contributed by atoms with van der Waals surface area (Å²) in [5.41, 5.74) is 4.29. The van der Waals surface area contributed by atoms with Crippen LogP contribution in [0.25, 0.3) is 11.5 Å². The number of carbonyl (C=O) groups is 1. The molecule has 0 fully saturated rings. The SMILES string of the molecule is Cc1cc(C[C@H](C)NC(=O)Nc2cc(-c3nnco3)ccc2C)n[nH]1. The van der Waals surface area contributed by atoms with E-state index in [1.54, 1.807) is 0 Å². The van der Waals surface area contributed by atoms with Crippen molar-refractivity contribution in [3.8, 4) is 11.5 Å². The van der Waals surface area contributed by atoms with Crippen LogP contribution in [0.2, 0.25) is 0 Å². The number of hydrogen-bond donors (Lipinski definition) is 3. The van der Waals surface area contributed by atoms with E-state index in [9.17, 15) is 4.79 Å². The zero-order chi connectivity index (χ0) is 17.8. The van der Waals surface area contributed by atoms with Crippen molar-refractivity contribution in [3.05, 3.63) is 47.6 Å². The Morgan fingerprint density at radius 3 is 2.84 bits per heavy atom. The van der Waals surface area contributed by atoms with Gasteiger partial charge in [-0.05, 0) is 44.5 Å². The lowest BCUT2D eigenvalue weighted by Crippen LogP contribution is -2.37. The number of rotatable bonds is 5. The fourth-order valence-electron chi connectivity index (χ4n) is 2.51. The Hall–Kier alpha value is -3.16. The van der Waals surface area contributed by atoms with Crippen LogP contribution in [-0.4, -0.2) is 32.5 Å². The fourth-order valence-corrected chi connectivity index (χ4v) is 2.51. The van der Waals surface area contributed by atoms with Gasteiger partial charge in [-0.1, -0.05) is 6.07 Å².